The summed E-state index contributed by atoms with van der Waals surface area (Å²) in [6, 6.07) is 14.3. The monoisotopic (exact) mass is 452 g/mol. The number of hydrogen-bond donors (Lipinski definition) is 1. The normalized spacial score (nSPS) is 11.8. The fraction of sp³-hybridized carbons (Fsp3) is 0.400. The summed E-state index contributed by atoms with van der Waals surface area (Å²) in [5, 5.41) is 11.6. The second-order valence-corrected chi connectivity index (χ2v) is 9.14. The van der Waals surface area contributed by atoms with Crippen LogP contribution < -0.4 is 9.47 Å². The SMILES string of the molecule is CCCCc1n[nH]c(=S)n1/N=C\c1ccc(OCc2ccc(C(C)(C)C)cc2)c(OC)c1. The smallest absolute Gasteiger partial charge is 0.216 e. The van der Waals surface area contributed by atoms with Gasteiger partial charge in [0.15, 0.2) is 17.3 Å². The molecule has 0 fully saturated rings. The zero-order chi connectivity index (χ0) is 23.1. The van der Waals surface area contributed by atoms with Crippen LogP contribution in [0.15, 0.2) is 47.6 Å². The van der Waals surface area contributed by atoms with Crippen molar-refractivity contribution in [3.05, 3.63) is 69.8 Å². The molecule has 170 valence electrons. The van der Waals surface area contributed by atoms with Gasteiger partial charge in [0.2, 0.25) is 4.77 Å². The van der Waals surface area contributed by atoms with Crippen LogP contribution >= 0.6 is 12.2 Å². The molecule has 0 saturated heterocycles. The number of aromatic amines is 1. The van der Waals surface area contributed by atoms with Gasteiger partial charge in [-0.3, -0.25) is 5.10 Å². The molecule has 0 aliphatic heterocycles. The van der Waals surface area contributed by atoms with Crippen molar-refractivity contribution in [3.63, 3.8) is 0 Å². The molecule has 6 nitrogen and oxygen atoms in total. The van der Waals surface area contributed by atoms with Gasteiger partial charge >= 0.3 is 0 Å². The molecule has 0 spiro atoms. The van der Waals surface area contributed by atoms with E-state index in [1.165, 1.54) is 5.56 Å². The van der Waals surface area contributed by atoms with E-state index in [1.807, 2.05) is 18.2 Å². The number of H-pyrrole nitrogens is 1. The zero-order valence-electron chi connectivity index (χ0n) is 19.5. The van der Waals surface area contributed by atoms with Gasteiger partial charge < -0.3 is 9.47 Å². The minimum atomic E-state index is 0.136. The summed E-state index contributed by atoms with van der Waals surface area (Å²) >= 11 is 5.30. The first-order valence-electron chi connectivity index (χ1n) is 10.9. The Hall–Kier alpha value is -2.93. The van der Waals surface area contributed by atoms with E-state index in [4.69, 9.17) is 21.7 Å². The van der Waals surface area contributed by atoms with Gasteiger partial charge in [-0.1, -0.05) is 58.4 Å². The molecule has 1 N–H and O–H groups in total. The highest BCUT2D eigenvalue weighted by Crippen LogP contribution is 2.29. The van der Waals surface area contributed by atoms with Crippen molar-refractivity contribution < 1.29 is 9.47 Å². The van der Waals surface area contributed by atoms with Crippen LogP contribution in [0.2, 0.25) is 0 Å². The van der Waals surface area contributed by atoms with Crippen LogP contribution in [-0.4, -0.2) is 28.2 Å². The van der Waals surface area contributed by atoms with E-state index >= 15 is 0 Å². The minimum absolute atomic E-state index is 0.136. The average Bonchev–Trinajstić information content (AvgIpc) is 3.13. The molecule has 32 heavy (non-hydrogen) atoms. The fourth-order valence-corrected chi connectivity index (χ4v) is 3.41. The van der Waals surface area contributed by atoms with Crippen molar-refractivity contribution in [2.75, 3.05) is 7.11 Å². The largest absolute Gasteiger partial charge is 0.493 e. The molecule has 0 aliphatic rings. The highest BCUT2D eigenvalue weighted by Gasteiger charge is 2.13. The van der Waals surface area contributed by atoms with Crippen LogP contribution in [0.5, 0.6) is 11.5 Å². The van der Waals surface area contributed by atoms with Gasteiger partial charge in [0.25, 0.3) is 0 Å². The van der Waals surface area contributed by atoms with Crippen LogP contribution in [0.4, 0.5) is 0 Å². The topological polar surface area (TPSA) is 64.4 Å². The van der Waals surface area contributed by atoms with Crippen LogP contribution in [0, 0.1) is 4.77 Å². The molecule has 0 atom stereocenters. The van der Waals surface area contributed by atoms with E-state index in [0.717, 1.165) is 36.2 Å². The highest BCUT2D eigenvalue weighted by molar-refractivity contribution is 7.71. The van der Waals surface area contributed by atoms with Crippen molar-refractivity contribution in [2.24, 2.45) is 5.10 Å². The van der Waals surface area contributed by atoms with Crippen LogP contribution in [0.3, 0.4) is 0 Å². The van der Waals surface area contributed by atoms with Gasteiger partial charge in [0.05, 0.1) is 13.3 Å². The van der Waals surface area contributed by atoms with Crippen molar-refractivity contribution in [3.8, 4) is 11.5 Å². The molecule has 3 aromatic rings. The second kappa shape index (κ2) is 10.6. The molecule has 0 aliphatic carbocycles. The molecule has 0 amide bonds. The summed E-state index contributed by atoms with van der Waals surface area (Å²) in [6.45, 7) is 9.24. The third kappa shape index (κ3) is 6.07. The predicted octanol–water partition coefficient (Wildman–Crippen LogP) is 6.05. The van der Waals surface area contributed by atoms with Gasteiger partial charge in [-0.25, -0.2) is 0 Å². The van der Waals surface area contributed by atoms with Crippen LogP contribution in [-0.2, 0) is 18.4 Å². The fourth-order valence-electron chi connectivity index (χ4n) is 3.21. The molecular formula is C25H32N4O2S. The Morgan fingerprint density at radius 2 is 1.88 bits per heavy atom. The summed E-state index contributed by atoms with van der Waals surface area (Å²) < 4.78 is 13.7. The Morgan fingerprint density at radius 1 is 1.12 bits per heavy atom. The third-order valence-corrected chi connectivity index (χ3v) is 5.46. The van der Waals surface area contributed by atoms with Gasteiger partial charge in [-0.2, -0.15) is 14.9 Å². The summed E-state index contributed by atoms with van der Waals surface area (Å²) in [5.41, 5.74) is 3.43. The van der Waals surface area contributed by atoms with E-state index in [-0.39, 0.29) is 5.41 Å². The number of ether oxygens (including phenoxy) is 2. The number of nitrogens with one attached hydrogen (secondary N) is 1. The predicted molar refractivity (Wildman–Crippen MR) is 131 cm³/mol. The Labute approximate surface area is 195 Å². The van der Waals surface area contributed by atoms with Gasteiger partial charge in [-0.15, -0.1) is 0 Å². The number of rotatable bonds is 9. The number of benzene rings is 2. The van der Waals surface area contributed by atoms with E-state index in [1.54, 1.807) is 18.0 Å². The number of unbranched alkanes of at least 4 members (excludes halogenated alkanes) is 1. The minimum Gasteiger partial charge on any atom is -0.493 e. The molecular weight excluding hydrogens is 420 g/mol. The average molecular weight is 453 g/mol. The first-order chi connectivity index (χ1) is 15.3. The third-order valence-electron chi connectivity index (χ3n) is 5.20. The lowest BCUT2D eigenvalue weighted by atomic mass is 9.87. The summed E-state index contributed by atoms with van der Waals surface area (Å²) in [4.78, 5) is 0. The maximum absolute atomic E-state index is 6.02. The molecule has 2 aromatic carbocycles. The van der Waals surface area contributed by atoms with Crippen LogP contribution in [0.25, 0.3) is 0 Å². The summed E-state index contributed by atoms with van der Waals surface area (Å²) in [7, 11) is 1.64. The first-order valence-corrected chi connectivity index (χ1v) is 11.3. The molecule has 0 saturated carbocycles. The number of nitrogens with zero attached hydrogens (tertiary/aromatic N) is 3. The van der Waals surface area contributed by atoms with Crippen molar-refractivity contribution in [1.29, 1.82) is 0 Å². The van der Waals surface area contributed by atoms with Crippen molar-refractivity contribution >= 4 is 18.4 Å². The molecule has 0 radical (unpaired) electrons. The van der Waals surface area contributed by atoms with Crippen LogP contribution in [0.1, 0.15) is 63.1 Å². The Balaban J connectivity index is 1.70. The van der Waals surface area contributed by atoms with E-state index in [9.17, 15) is 0 Å². The van der Waals surface area contributed by atoms with Gasteiger partial charge in [0, 0.05) is 6.42 Å². The number of aryl methyl sites for hydroxylation is 1. The Kier molecular flexibility index (Phi) is 7.85. The quantitative estimate of drug-likeness (QED) is 0.317. The standard InChI is InChI=1S/C25H32N4O2S/c1-6-7-8-23-27-28-24(32)29(23)26-16-19-11-14-21(22(15-19)30-5)31-17-18-9-12-20(13-10-18)25(2,3)4/h9-16H,6-8,17H2,1-5H3,(H,28,32)/b26-16-. The van der Waals surface area contributed by atoms with Gasteiger partial charge in [0.1, 0.15) is 6.61 Å². The molecule has 3 rings (SSSR count). The number of hydrogen-bond acceptors (Lipinski definition) is 5. The lowest BCUT2D eigenvalue weighted by Gasteiger charge is -2.19. The number of aromatic nitrogens is 3. The Bertz CT molecular complexity index is 1110. The maximum atomic E-state index is 6.02. The zero-order valence-corrected chi connectivity index (χ0v) is 20.3. The molecule has 1 heterocycles. The molecule has 1 aromatic heterocycles. The lowest BCUT2D eigenvalue weighted by molar-refractivity contribution is 0.284. The molecule has 7 heteroatoms. The summed E-state index contributed by atoms with van der Waals surface area (Å²) in [5.74, 6) is 2.17. The van der Waals surface area contributed by atoms with E-state index < -0.39 is 0 Å². The van der Waals surface area contributed by atoms with E-state index in [2.05, 4.69) is 67.3 Å². The van der Waals surface area contributed by atoms with Gasteiger partial charge in [-0.05, 0) is 58.9 Å². The maximum Gasteiger partial charge on any atom is 0.216 e. The van der Waals surface area contributed by atoms with Crippen molar-refractivity contribution in [1.82, 2.24) is 14.9 Å². The molecule has 0 unspecified atom stereocenters. The first kappa shape index (κ1) is 23.7. The summed E-state index contributed by atoms with van der Waals surface area (Å²) in [6.07, 6.45) is 4.70. The van der Waals surface area contributed by atoms with Crippen molar-refractivity contribution in [2.45, 2.75) is 59.0 Å². The second-order valence-electron chi connectivity index (χ2n) is 8.75. The highest BCUT2D eigenvalue weighted by atomic mass is 32.1. The Morgan fingerprint density at radius 3 is 2.53 bits per heavy atom. The molecule has 0 bridgehead atoms. The number of methoxy groups -OCH3 is 1. The van der Waals surface area contributed by atoms with E-state index in [0.29, 0.717) is 22.9 Å². The lowest BCUT2D eigenvalue weighted by Crippen LogP contribution is -2.10.